The van der Waals surface area contributed by atoms with Crippen molar-refractivity contribution in [2.24, 2.45) is 5.84 Å². The van der Waals surface area contributed by atoms with Crippen LogP contribution in [-0.2, 0) is 10.0 Å². The van der Waals surface area contributed by atoms with Crippen LogP contribution in [0.25, 0.3) is 0 Å². The second-order valence-corrected chi connectivity index (χ2v) is 5.97. The standard InChI is InChI=1S/C9H11F3N4O4S/c1-15(5-9(10,11)12)21(19,20)8-3-2-6(16(17)18)4-7(8)14-13/h2-4,14H,5,13H2,1H3. The molecule has 0 saturated heterocycles. The number of anilines is 1. The van der Waals surface area contributed by atoms with Crippen LogP contribution < -0.4 is 11.3 Å². The molecule has 0 radical (unpaired) electrons. The molecule has 3 N–H and O–H groups in total. The number of nitrogens with one attached hydrogen (secondary N) is 1. The van der Waals surface area contributed by atoms with Crippen molar-refractivity contribution in [3.05, 3.63) is 28.3 Å². The fourth-order valence-electron chi connectivity index (χ4n) is 1.47. The Morgan fingerprint density at radius 2 is 2.00 bits per heavy atom. The number of rotatable bonds is 5. The Morgan fingerprint density at radius 3 is 2.43 bits per heavy atom. The zero-order valence-corrected chi connectivity index (χ0v) is 11.4. The van der Waals surface area contributed by atoms with Crippen molar-refractivity contribution < 1.29 is 26.5 Å². The molecule has 118 valence electrons. The van der Waals surface area contributed by atoms with Crippen molar-refractivity contribution in [2.45, 2.75) is 11.1 Å². The Balaban J connectivity index is 3.28. The highest BCUT2D eigenvalue weighted by molar-refractivity contribution is 7.89. The van der Waals surface area contributed by atoms with E-state index in [1.54, 1.807) is 0 Å². The molecule has 0 aliphatic heterocycles. The molecule has 0 aliphatic rings. The second kappa shape index (κ2) is 5.83. The molecule has 0 atom stereocenters. The van der Waals surface area contributed by atoms with Gasteiger partial charge in [0.05, 0.1) is 10.6 Å². The third-order valence-corrected chi connectivity index (χ3v) is 4.28. The SMILES string of the molecule is CN(CC(F)(F)F)S(=O)(=O)c1ccc([N+](=O)[O-])cc1NN. The lowest BCUT2D eigenvalue weighted by Crippen LogP contribution is -2.36. The summed E-state index contributed by atoms with van der Waals surface area (Å²) in [4.78, 5) is 9.19. The number of nitrogens with two attached hydrogens (primary N) is 1. The normalized spacial score (nSPS) is 12.5. The van der Waals surface area contributed by atoms with Gasteiger partial charge in [0.25, 0.3) is 5.69 Å². The molecule has 0 fully saturated rings. The number of nitro groups is 1. The largest absolute Gasteiger partial charge is 0.402 e. The molecule has 0 amide bonds. The van der Waals surface area contributed by atoms with Crippen LogP contribution in [0.4, 0.5) is 24.5 Å². The summed E-state index contributed by atoms with van der Waals surface area (Å²) >= 11 is 0. The topological polar surface area (TPSA) is 119 Å². The number of nitrogen functional groups attached to an aromatic ring is 1. The van der Waals surface area contributed by atoms with Crippen LogP contribution in [0.1, 0.15) is 0 Å². The number of alkyl halides is 3. The van der Waals surface area contributed by atoms with E-state index in [4.69, 9.17) is 5.84 Å². The van der Waals surface area contributed by atoms with E-state index in [1.807, 2.05) is 5.43 Å². The summed E-state index contributed by atoms with van der Waals surface area (Å²) in [6, 6.07) is 2.49. The minimum atomic E-state index is -4.72. The third-order valence-electron chi connectivity index (χ3n) is 2.42. The van der Waals surface area contributed by atoms with Gasteiger partial charge in [-0.05, 0) is 6.07 Å². The Bertz CT molecular complexity index is 647. The quantitative estimate of drug-likeness (QED) is 0.474. The molecule has 0 unspecified atom stereocenters. The van der Waals surface area contributed by atoms with Gasteiger partial charge in [-0.25, -0.2) is 8.42 Å². The lowest BCUT2D eigenvalue weighted by molar-refractivity contribution is -0.384. The van der Waals surface area contributed by atoms with Crippen LogP contribution in [0.5, 0.6) is 0 Å². The molecule has 0 bridgehead atoms. The van der Waals surface area contributed by atoms with Gasteiger partial charge >= 0.3 is 6.18 Å². The second-order valence-electron chi connectivity index (χ2n) is 3.96. The van der Waals surface area contributed by atoms with Crippen molar-refractivity contribution in [1.29, 1.82) is 0 Å². The van der Waals surface area contributed by atoms with Gasteiger partial charge in [0.15, 0.2) is 0 Å². The number of benzene rings is 1. The van der Waals surface area contributed by atoms with E-state index >= 15 is 0 Å². The van der Waals surface area contributed by atoms with Crippen molar-refractivity contribution >= 4 is 21.4 Å². The summed E-state index contributed by atoms with van der Waals surface area (Å²) in [6.45, 7) is -1.70. The van der Waals surface area contributed by atoms with E-state index < -0.39 is 38.3 Å². The first-order valence-corrected chi connectivity index (χ1v) is 6.71. The fraction of sp³-hybridized carbons (Fsp3) is 0.333. The molecule has 1 rings (SSSR count). The summed E-state index contributed by atoms with van der Waals surface area (Å²) in [5, 5.41) is 10.6. The number of hydrogen-bond donors (Lipinski definition) is 2. The Morgan fingerprint density at radius 1 is 1.43 bits per heavy atom. The monoisotopic (exact) mass is 328 g/mol. The molecular formula is C9H11F3N4O4S. The molecule has 0 spiro atoms. The molecule has 12 heteroatoms. The van der Waals surface area contributed by atoms with Gasteiger partial charge in [0.2, 0.25) is 10.0 Å². The first-order valence-electron chi connectivity index (χ1n) is 5.27. The lowest BCUT2D eigenvalue weighted by atomic mass is 10.3. The number of halogens is 3. The number of sulfonamides is 1. The number of nitro benzene ring substituents is 1. The van der Waals surface area contributed by atoms with E-state index in [1.165, 1.54) is 0 Å². The van der Waals surface area contributed by atoms with Gasteiger partial charge in [0.1, 0.15) is 11.4 Å². The van der Waals surface area contributed by atoms with Crippen LogP contribution in [-0.4, -0.2) is 37.4 Å². The zero-order valence-electron chi connectivity index (χ0n) is 10.6. The number of nitrogens with zero attached hydrogens (tertiary/aromatic N) is 2. The van der Waals surface area contributed by atoms with Gasteiger partial charge in [-0.15, -0.1) is 0 Å². The highest BCUT2D eigenvalue weighted by Crippen LogP contribution is 2.29. The van der Waals surface area contributed by atoms with E-state index in [-0.39, 0.29) is 9.99 Å². The summed E-state index contributed by atoms with van der Waals surface area (Å²) in [5.74, 6) is 5.07. The van der Waals surface area contributed by atoms with Gasteiger partial charge in [-0.2, -0.15) is 17.5 Å². The van der Waals surface area contributed by atoms with Crippen LogP contribution in [0.2, 0.25) is 0 Å². The maximum atomic E-state index is 12.3. The van der Waals surface area contributed by atoms with Crippen LogP contribution >= 0.6 is 0 Å². The summed E-state index contributed by atoms with van der Waals surface area (Å²) < 4.78 is 60.9. The fourth-order valence-corrected chi connectivity index (χ4v) is 2.76. The van der Waals surface area contributed by atoms with E-state index in [0.717, 1.165) is 25.2 Å². The molecular weight excluding hydrogens is 317 g/mol. The molecule has 1 aromatic rings. The first-order chi connectivity index (χ1) is 9.49. The van der Waals surface area contributed by atoms with Crippen LogP contribution in [0.15, 0.2) is 23.1 Å². The van der Waals surface area contributed by atoms with Crippen LogP contribution in [0.3, 0.4) is 0 Å². The molecule has 0 aromatic heterocycles. The highest BCUT2D eigenvalue weighted by atomic mass is 32.2. The summed E-state index contributed by atoms with van der Waals surface area (Å²) in [7, 11) is -3.77. The van der Waals surface area contributed by atoms with Crippen LogP contribution in [0, 0.1) is 10.1 Å². The molecule has 0 heterocycles. The third kappa shape index (κ3) is 4.03. The van der Waals surface area contributed by atoms with E-state index in [2.05, 4.69) is 0 Å². The van der Waals surface area contributed by atoms with Gasteiger partial charge in [-0.1, -0.05) is 0 Å². The van der Waals surface area contributed by atoms with E-state index in [9.17, 15) is 31.7 Å². The molecule has 0 saturated carbocycles. The maximum Gasteiger partial charge on any atom is 0.402 e. The number of hydrogen-bond acceptors (Lipinski definition) is 6. The molecule has 1 aromatic carbocycles. The summed E-state index contributed by atoms with van der Waals surface area (Å²) in [6.07, 6.45) is -4.72. The number of non-ortho nitro benzene ring substituents is 1. The van der Waals surface area contributed by atoms with Crippen molar-refractivity contribution in [2.75, 3.05) is 19.0 Å². The average molecular weight is 328 g/mol. The maximum absolute atomic E-state index is 12.3. The summed E-state index contributed by atoms with van der Waals surface area (Å²) in [5.41, 5.74) is 1.09. The predicted octanol–water partition coefficient (Wildman–Crippen LogP) is 1.06. The minimum Gasteiger partial charge on any atom is -0.323 e. The van der Waals surface area contributed by atoms with Gasteiger partial charge < -0.3 is 5.43 Å². The van der Waals surface area contributed by atoms with Crippen molar-refractivity contribution in [3.8, 4) is 0 Å². The highest BCUT2D eigenvalue weighted by Gasteiger charge is 2.36. The van der Waals surface area contributed by atoms with Crippen molar-refractivity contribution in [3.63, 3.8) is 0 Å². The number of hydrazine groups is 1. The Kier molecular flexibility index (Phi) is 4.76. The Labute approximate surface area is 117 Å². The van der Waals surface area contributed by atoms with Gasteiger partial charge in [-0.3, -0.25) is 16.0 Å². The van der Waals surface area contributed by atoms with Gasteiger partial charge in [0, 0.05) is 19.2 Å². The molecule has 8 nitrogen and oxygen atoms in total. The van der Waals surface area contributed by atoms with E-state index in [0.29, 0.717) is 0 Å². The smallest absolute Gasteiger partial charge is 0.323 e. The van der Waals surface area contributed by atoms with Crippen molar-refractivity contribution in [1.82, 2.24) is 4.31 Å². The lowest BCUT2D eigenvalue weighted by Gasteiger charge is -2.20. The first kappa shape index (κ1) is 17.1. The average Bonchev–Trinajstić information content (AvgIpc) is 2.35. The molecule has 0 aliphatic carbocycles. The molecule has 21 heavy (non-hydrogen) atoms. The minimum absolute atomic E-state index is 0.0784. The zero-order chi connectivity index (χ0) is 16.4. The Hall–Kier alpha value is -1.92. The predicted molar refractivity (Wildman–Crippen MR) is 66.8 cm³/mol.